The molecule has 2 aromatic carbocycles. The van der Waals surface area contributed by atoms with Crippen LogP contribution >= 0.6 is 23.5 Å². The largest absolute Gasteiger partial charge is 0.493 e. The lowest BCUT2D eigenvalue weighted by Crippen LogP contribution is -2.24. The van der Waals surface area contributed by atoms with Gasteiger partial charge >= 0.3 is 0 Å². The molecule has 0 spiro atoms. The standard InChI is InChI=1S/C20H22N2O3S2/c1-24-17-9-8-14(12-18(17)25-2)13-22-19(23)15-6-4-5-7-16(15)21-20(22)27-11-10-26-3/h4-9,12H,10-11,13H2,1-3H3. The van der Waals surface area contributed by atoms with E-state index in [1.165, 1.54) is 0 Å². The molecule has 1 aromatic heterocycles. The second-order valence-electron chi connectivity index (χ2n) is 5.83. The van der Waals surface area contributed by atoms with Crippen LogP contribution in [0.15, 0.2) is 52.4 Å². The molecule has 0 N–H and O–H groups in total. The fourth-order valence-corrected chi connectivity index (χ4v) is 4.42. The number of benzene rings is 2. The SMILES string of the molecule is COc1ccc(Cn2c(SCCSC)nc3ccccc3c2=O)cc1OC. The Morgan fingerprint density at radius 1 is 1.04 bits per heavy atom. The van der Waals surface area contributed by atoms with E-state index >= 15 is 0 Å². The van der Waals surface area contributed by atoms with E-state index in [1.807, 2.05) is 42.5 Å². The minimum absolute atomic E-state index is 0.0259. The molecule has 0 amide bonds. The van der Waals surface area contributed by atoms with Crippen molar-refractivity contribution in [2.75, 3.05) is 32.0 Å². The Morgan fingerprint density at radius 3 is 2.56 bits per heavy atom. The molecule has 1 heterocycles. The molecule has 0 radical (unpaired) electrons. The number of ether oxygens (including phenoxy) is 2. The monoisotopic (exact) mass is 402 g/mol. The Bertz CT molecular complexity index is 989. The van der Waals surface area contributed by atoms with Crippen LogP contribution in [0.3, 0.4) is 0 Å². The van der Waals surface area contributed by atoms with Gasteiger partial charge in [0.25, 0.3) is 5.56 Å². The van der Waals surface area contributed by atoms with Crippen molar-refractivity contribution in [3.05, 3.63) is 58.4 Å². The molecule has 0 aliphatic rings. The van der Waals surface area contributed by atoms with E-state index in [-0.39, 0.29) is 5.56 Å². The van der Waals surface area contributed by atoms with Crippen LogP contribution < -0.4 is 15.0 Å². The van der Waals surface area contributed by atoms with Gasteiger partial charge in [-0.05, 0) is 36.1 Å². The molecule has 142 valence electrons. The molecule has 0 saturated heterocycles. The highest BCUT2D eigenvalue weighted by Crippen LogP contribution is 2.28. The normalized spacial score (nSPS) is 10.9. The summed E-state index contributed by atoms with van der Waals surface area (Å²) < 4.78 is 12.4. The molecule has 0 bridgehead atoms. The van der Waals surface area contributed by atoms with Gasteiger partial charge in [-0.1, -0.05) is 30.0 Å². The maximum absolute atomic E-state index is 13.1. The van der Waals surface area contributed by atoms with E-state index in [2.05, 4.69) is 6.26 Å². The molecule has 0 fully saturated rings. The predicted octanol–water partition coefficient (Wildman–Crippen LogP) is 3.92. The number of rotatable bonds is 8. The van der Waals surface area contributed by atoms with Gasteiger partial charge in [0.1, 0.15) is 0 Å². The molecule has 0 aliphatic heterocycles. The van der Waals surface area contributed by atoms with Gasteiger partial charge in [0.15, 0.2) is 16.7 Å². The topological polar surface area (TPSA) is 53.4 Å². The van der Waals surface area contributed by atoms with Crippen LogP contribution in [0.25, 0.3) is 10.9 Å². The average molecular weight is 403 g/mol. The minimum Gasteiger partial charge on any atom is -0.493 e. The predicted molar refractivity (Wildman–Crippen MR) is 114 cm³/mol. The minimum atomic E-state index is -0.0259. The summed E-state index contributed by atoms with van der Waals surface area (Å²) >= 11 is 3.39. The molecular weight excluding hydrogens is 380 g/mol. The number of para-hydroxylation sites is 1. The van der Waals surface area contributed by atoms with Gasteiger partial charge in [-0.3, -0.25) is 9.36 Å². The first kappa shape index (κ1) is 19.6. The van der Waals surface area contributed by atoms with Crippen molar-refractivity contribution in [2.45, 2.75) is 11.7 Å². The number of methoxy groups -OCH3 is 2. The molecule has 3 aromatic rings. The van der Waals surface area contributed by atoms with Crippen molar-refractivity contribution >= 4 is 34.4 Å². The van der Waals surface area contributed by atoms with Gasteiger partial charge in [0.05, 0.1) is 31.7 Å². The summed E-state index contributed by atoms with van der Waals surface area (Å²) in [5, 5.41) is 1.37. The van der Waals surface area contributed by atoms with E-state index < -0.39 is 0 Å². The molecule has 7 heteroatoms. The number of fused-ring (bicyclic) bond motifs is 1. The molecule has 0 aliphatic carbocycles. The van der Waals surface area contributed by atoms with E-state index in [1.54, 1.807) is 42.3 Å². The number of hydrogen-bond donors (Lipinski definition) is 0. The van der Waals surface area contributed by atoms with Crippen LogP contribution in [0.4, 0.5) is 0 Å². The highest BCUT2D eigenvalue weighted by atomic mass is 32.2. The maximum Gasteiger partial charge on any atom is 0.262 e. The van der Waals surface area contributed by atoms with Crippen LogP contribution in [-0.2, 0) is 6.54 Å². The number of hydrogen-bond acceptors (Lipinski definition) is 6. The molecule has 0 unspecified atom stereocenters. The van der Waals surface area contributed by atoms with Gasteiger partial charge < -0.3 is 9.47 Å². The summed E-state index contributed by atoms with van der Waals surface area (Å²) in [4.78, 5) is 17.9. The van der Waals surface area contributed by atoms with Crippen molar-refractivity contribution in [3.63, 3.8) is 0 Å². The van der Waals surface area contributed by atoms with Crippen LogP contribution in [0.1, 0.15) is 5.56 Å². The van der Waals surface area contributed by atoms with E-state index in [0.29, 0.717) is 23.4 Å². The summed E-state index contributed by atoms with van der Waals surface area (Å²) in [6.07, 6.45) is 2.07. The Labute approximate surface area is 167 Å². The van der Waals surface area contributed by atoms with Crippen molar-refractivity contribution in [1.82, 2.24) is 9.55 Å². The second kappa shape index (κ2) is 9.19. The molecule has 0 saturated carbocycles. The Balaban J connectivity index is 2.04. The zero-order valence-electron chi connectivity index (χ0n) is 15.6. The summed E-state index contributed by atoms with van der Waals surface area (Å²) in [5.74, 6) is 3.22. The Hall–Kier alpha value is -2.12. The van der Waals surface area contributed by atoms with E-state index in [0.717, 1.165) is 27.7 Å². The van der Waals surface area contributed by atoms with Gasteiger partial charge in [0, 0.05) is 11.5 Å². The fraction of sp³-hybridized carbons (Fsp3) is 0.300. The first-order valence-corrected chi connectivity index (χ1v) is 10.9. The summed E-state index contributed by atoms with van der Waals surface area (Å²) in [5.41, 5.74) is 1.67. The highest BCUT2D eigenvalue weighted by Gasteiger charge is 2.13. The first-order chi connectivity index (χ1) is 13.2. The summed E-state index contributed by atoms with van der Waals surface area (Å²) in [6.45, 7) is 0.429. The third-order valence-electron chi connectivity index (χ3n) is 4.13. The number of nitrogens with zero attached hydrogens (tertiary/aromatic N) is 2. The van der Waals surface area contributed by atoms with Crippen molar-refractivity contribution in [1.29, 1.82) is 0 Å². The van der Waals surface area contributed by atoms with Gasteiger partial charge in [-0.2, -0.15) is 11.8 Å². The van der Waals surface area contributed by atoms with Gasteiger partial charge in [-0.15, -0.1) is 0 Å². The molecular formula is C20H22N2O3S2. The van der Waals surface area contributed by atoms with Crippen LogP contribution in [0.5, 0.6) is 11.5 Å². The Kier molecular flexibility index (Phi) is 6.68. The Morgan fingerprint density at radius 2 is 1.81 bits per heavy atom. The molecule has 0 atom stereocenters. The van der Waals surface area contributed by atoms with E-state index in [4.69, 9.17) is 14.5 Å². The second-order valence-corrected chi connectivity index (χ2v) is 7.88. The van der Waals surface area contributed by atoms with Crippen molar-refractivity contribution in [3.8, 4) is 11.5 Å². The lowest BCUT2D eigenvalue weighted by Gasteiger charge is -2.14. The summed E-state index contributed by atoms with van der Waals surface area (Å²) in [6, 6.07) is 13.2. The van der Waals surface area contributed by atoms with Crippen molar-refractivity contribution < 1.29 is 9.47 Å². The fourth-order valence-electron chi connectivity index (χ4n) is 2.78. The quantitative estimate of drug-likeness (QED) is 0.323. The number of aromatic nitrogens is 2. The highest BCUT2D eigenvalue weighted by molar-refractivity contribution is 8.02. The van der Waals surface area contributed by atoms with Crippen LogP contribution in [0.2, 0.25) is 0 Å². The van der Waals surface area contributed by atoms with Crippen LogP contribution in [0, 0.1) is 0 Å². The zero-order chi connectivity index (χ0) is 19.2. The zero-order valence-corrected chi connectivity index (χ0v) is 17.2. The smallest absolute Gasteiger partial charge is 0.262 e. The molecule has 3 rings (SSSR count). The lowest BCUT2D eigenvalue weighted by atomic mass is 10.2. The summed E-state index contributed by atoms with van der Waals surface area (Å²) in [7, 11) is 3.21. The van der Waals surface area contributed by atoms with Crippen molar-refractivity contribution in [2.24, 2.45) is 0 Å². The maximum atomic E-state index is 13.1. The lowest BCUT2D eigenvalue weighted by molar-refractivity contribution is 0.354. The van der Waals surface area contributed by atoms with E-state index in [9.17, 15) is 4.79 Å². The third-order valence-corrected chi connectivity index (χ3v) is 5.98. The first-order valence-electron chi connectivity index (χ1n) is 8.50. The average Bonchev–Trinajstić information content (AvgIpc) is 2.70. The van der Waals surface area contributed by atoms with Gasteiger partial charge in [0.2, 0.25) is 0 Å². The number of thioether (sulfide) groups is 2. The molecule has 27 heavy (non-hydrogen) atoms. The molecule has 5 nitrogen and oxygen atoms in total. The third kappa shape index (κ3) is 4.42. The van der Waals surface area contributed by atoms with Gasteiger partial charge in [-0.25, -0.2) is 4.98 Å². The van der Waals surface area contributed by atoms with Crippen LogP contribution in [-0.4, -0.2) is 41.5 Å².